The maximum atomic E-state index is 12.9. The van der Waals surface area contributed by atoms with Gasteiger partial charge in [0.1, 0.15) is 17.4 Å². The normalized spacial score (nSPS) is 10.9. The summed E-state index contributed by atoms with van der Waals surface area (Å²) in [4.78, 5) is 12.1. The first-order valence-electron chi connectivity index (χ1n) is 8.70. The van der Waals surface area contributed by atoms with Crippen molar-refractivity contribution in [3.63, 3.8) is 0 Å². The number of nitrogens with zero attached hydrogens (tertiary/aromatic N) is 4. The number of furan rings is 1. The number of anilines is 1. The fourth-order valence-corrected chi connectivity index (χ4v) is 2.67. The van der Waals surface area contributed by atoms with E-state index in [0.29, 0.717) is 42.4 Å². The SMILES string of the molecule is O=C(NCCc1nnc2ccc(NCc3ccco3)nn12)c1ccc(F)cc1. The predicted molar refractivity (Wildman–Crippen MR) is 99.3 cm³/mol. The Kier molecular flexibility index (Phi) is 4.96. The second-order valence-electron chi connectivity index (χ2n) is 6.05. The molecule has 0 fully saturated rings. The zero-order valence-corrected chi connectivity index (χ0v) is 14.8. The number of hydrogen-bond donors (Lipinski definition) is 2. The Labute approximate surface area is 159 Å². The number of nitrogens with one attached hydrogen (secondary N) is 2. The molecular formula is C19H17FN6O2. The minimum atomic E-state index is -0.381. The molecular weight excluding hydrogens is 363 g/mol. The highest BCUT2D eigenvalue weighted by atomic mass is 19.1. The van der Waals surface area contributed by atoms with Crippen molar-refractivity contribution in [1.82, 2.24) is 25.1 Å². The largest absolute Gasteiger partial charge is 0.467 e. The summed E-state index contributed by atoms with van der Waals surface area (Å²) in [6.07, 6.45) is 2.06. The summed E-state index contributed by atoms with van der Waals surface area (Å²) < 4.78 is 19.9. The lowest BCUT2D eigenvalue weighted by Gasteiger charge is -2.06. The minimum absolute atomic E-state index is 0.275. The van der Waals surface area contributed by atoms with Gasteiger partial charge in [-0.05, 0) is 48.5 Å². The molecule has 0 spiro atoms. The standard InChI is InChI=1S/C19H17FN6O2/c20-14-5-3-13(4-6-14)19(27)21-10-9-18-24-23-17-8-7-16(25-26(17)18)22-12-15-2-1-11-28-15/h1-8,11H,9-10,12H2,(H,21,27)(H,22,25). The summed E-state index contributed by atoms with van der Waals surface area (Å²) >= 11 is 0. The van der Waals surface area contributed by atoms with E-state index in [-0.39, 0.29) is 11.7 Å². The molecule has 28 heavy (non-hydrogen) atoms. The summed E-state index contributed by atoms with van der Waals surface area (Å²) in [5.74, 6) is 1.42. The Morgan fingerprint density at radius 3 is 2.75 bits per heavy atom. The van der Waals surface area contributed by atoms with Gasteiger partial charge >= 0.3 is 0 Å². The lowest BCUT2D eigenvalue weighted by Crippen LogP contribution is -2.26. The Bertz CT molecular complexity index is 1080. The number of carbonyl (C=O) groups is 1. The van der Waals surface area contributed by atoms with Crippen molar-refractivity contribution in [2.75, 3.05) is 11.9 Å². The third-order valence-electron chi connectivity index (χ3n) is 4.09. The van der Waals surface area contributed by atoms with Crippen LogP contribution in [0.3, 0.4) is 0 Å². The number of halogens is 1. The Morgan fingerprint density at radius 2 is 1.96 bits per heavy atom. The number of aromatic nitrogens is 4. The summed E-state index contributed by atoms with van der Waals surface area (Å²) in [7, 11) is 0. The number of carbonyl (C=O) groups excluding carboxylic acids is 1. The fraction of sp³-hybridized carbons (Fsp3) is 0.158. The van der Waals surface area contributed by atoms with Gasteiger partial charge in [-0.1, -0.05) is 0 Å². The van der Waals surface area contributed by atoms with Crippen LogP contribution in [0.25, 0.3) is 5.65 Å². The molecule has 4 rings (SSSR count). The molecule has 0 aliphatic heterocycles. The smallest absolute Gasteiger partial charge is 0.251 e. The van der Waals surface area contributed by atoms with Crippen molar-refractivity contribution >= 4 is 17.4 Å². The van der Waals surface area contributed by atoms with E-state index in [2.05, 4.69) is 25.9 Å². The topological polar surface area (TPSA) is 97.3 Å². The molecule has 0 radical (unpaired) electrons. The first-order chi connectivity index (χ1) is 13.7. The van der Waals surface area contributed by atoms with Crippen LogP contribution in [0.2, 0.25) is 0 Å². The predicted octanol–water partition coefficient (Wildman–Crippen LogP) is 2.44. The van der Waals surface area contributed by atoms with Crippen LogP contribution in [-0.2, 0) is 13.0 Å². The molecule has 3 heterocycles. The molecule has 0 bridgehead atoms. The number of fused-ring (bicyclic) bond motifs is 1. The third kappa shape index (κ3) is 3.98. The summed E-state index contributed by atoms with van der Waals surface area (Å²) in [6.45, 7) is 0.861. The van der Waals surface area contributed by atoms with E-state index in [1.54, 1.807) is 10.8 Å². The van der Waals surface area contributed by atoms with Gasteiger partial charge in [0, 0.05) is 18.5 Å². The molecule has 0 aliphatic rings. The van der Waals surface area contributed by atoms with E-state index in [9.17, 15) is 9.18 Å². The zero-order chi connectivity index (χ0) is 19.3. The first kappa shape index (κ1) is 17.7. The van der Waals surface area contributed by atoms with E-state index in [4.69, 9.17) is 4.42 Å². The maximum absolute atomic E-state index is 12.9. The van der Waals surface area contributed by atoms with E-state index in [1.165, 1.54) is 24.3 Å². The van der Waals surface area contributed by atoms with E-state index >= 15 is 0 Å². The van der Waals surface area contributed by atoms with Gasteiger partial charge in [-0.3, -0.25) is 4.79 Å². The zero-order valence-electron chi connectivity index (χ0n) is 14.8. The molecule has 3 aromatic heterocycles. The Balaban J connectivity index is 1.38. The first-order valence-corrected chi connectivity index (χ1v) is 8.70. The summed E-state index contributed by atoms with van der Waals surface area (Å²) in [5.41, 5.74) is 1.01. The van der Waals surface area contributed by atoms with Gasteiger partial charge in [0.2, 0.25) is 0 Å². The molecule has 0 saturated carbocycles. The number of benzene rings is 1. The molecule has 0 aliphatic carbocycles. The Hall–Kier alpha value is -3.75. The van der Waals surface area contributed by atoms with Crippen LogP contribution in [-0.4, -0.2) is 32.3 Å². The van der Waals surface area contributed by atoms with Crippen LogP contribution in [0, 0.1) is 5.82 Å². The summed E-state index contributed by atoms with van der Waals surface area (Å²) in [5, 5.41) is 18.7. The van der Waals surface area contributed by atoms with Gasteiger partial charge in [0.05, 0.1) is 12.8 Å². The van der Waals surface area contributed by atoms with Crippen molar-refractivity contribution in [3.8, 4) is 0 Å². The Morgan fingerprint density at radius 1 is 1.11 bits per heavy atom. The fourth-order valence-electron chi connectivity index (χ4n) is 2.67. The maximum Gasteiger partial charge on any atom is 0.251 e. The van der Waals surface area contributed by atoms with Crippen LogP contribution in [0.15, 0.2) is 59.2 Å². The van der Waals surface area contributed by atoms with Gasteiger partial charge in [-0.2, -0.15) is 4.52 Å². The lowest BCUT2D eigenvalue weighted by molar-refractivity contribution is 0.0954. The van der Waals surface area contributed by atoms with Crippen LogP contribution in [0.1, 0.15) is 21.9 Å². The quantitative estimate of drug-likeness (QED) is 0.511. The highest BCUT2D eigenvalue weighted by Gasteiger charge is 2.10. The molecule has 8 nitrogen and oxygen atoms in total. The third-order valence-corrected chi connectivity index (χ3v) is 4.09. The average molecular weight is 380 g/mol. The van der Waals surface area contributed by atoms with Crippen molar-refractivity contribution in [2.45, 2.75) is 13.0 Å². The van der Waals surface area contributed by atoms with Gasteiger partial charge in [0.25, 0.3) is 5.91 Å². The van der Waals surface area contributed by atoms with Gasteiger partial charge < -0.3 is 15.1 Å². The van der Waals surface area contributed by atoms with Crippen LogP contribution in [0.5, 0.6) is 0 Å². The second-order valence-corrected chi connectivity index (χ2v) is 6.05. The highest BCUT2D eigenvalue weighted by molar-refractivity contribution is 5.94. The molecule has 0 atom stereocenters. The van der Waals surface area contributed by atoms with Crippen molar-refractivity contribution in [1.29, 1.82) is 0 Å². The monoisotopic (exact) mass is 380 g/mol. The molecule has 2 N–H and O–H groups in total. The van der Waals surface area contributed by atoms with Crippen LogP contribution < -0.4 is 10.6 Å². The number of amides is 1. The molecule has 0 unspecified atom stereocenters. The second kappa shape index (κ2) is 7.87. The van der Waals surface area contributed by atoms with Gasteiger partial charge in [-0.25, -0.2) is 4.39 Å². The molecule has 1 amide bonds. The van der Waals surface area contributed by atoms with Crippen molar-refractivity contribution in [3.05, 3.63) is 77.8 Å². The number of hydrogen-bond acceptors (Lipinski definition) is 6. The van der Waals surface area contributed by atoms with Crippen molar-refractivity contribution in [2.24, 2.45) is 0 Å². The minimum Gasteiger partial charge on any atom is -0.467 e. The highest BCUT2D eigenvalue weighted by Crippen LogP contribution is 2.10. The van der Waals surface area contributed by atoms with Gasteiger partial charge in [-0.15, -0.1) is 15.3 Å². The summed E-state index contributed by atoms with van der Waals surface area (Å²) in [6, 6.07) is 12.7. The molecule has 9 heteroatoms. The van der Waals surface area contributed by atoms with Crippen LogP contribution >= 0.6 is 0 Å². The molecule has 1 aromatic carbocycles. The van der Waals surface area contributed by atoms with Gasteiger partial charge in [0.15, 0.2) is 11.5 Å². The van der Waals surface area contributed by atoms with E-state index in [1.807, 2.05) is 24.3 Å². The van der Waals surface area contributed by atoms with E-state index in [0.717, 1.165) is 5.76 Å². The number of rotatable bonds is 7. The molecule has 4 aromatic rings. The van der Waals surface area contributed by atoms with Crippen molar-refractivity contribution < 1.29 is 13.6 Å². The lowest BCUT2D eigenvalue weighted by atomic mass is 10.2. The molecule has 142 valence electrons. The molecule has 0 saturated heterocycles. The average Bonchev–Trinajstić information content (AvgIpc) is 3.37. The van der Waals surface area contributed by atoms with Crippen LogP contribution in [0.4, 0.5) is 10.2 Å². The van der Waals surface area contributed by atoms with E-state index < -0.39 is 0 Å².